The smallest absolute Gasteiger partial charge is 0.251 e. The zero-order valence-electron chi connectivity index (χ0n) is 19.4. The van der Waals surface area contributed by atoms with Gasteiger partial charge in [-0.2, -0.15) is 11.8 Å². The van der Waals surface area contributed by atoms with Crippen molar-refractivity contribution in [1.82, 2.24) is 10.6 Å². The van der Waals surface area contributed by atoms with Crippen LogP contribution >= 0.6 is 11.8 Å². The predicted octanol–water partition coefficient (Wildman–Crippen LogP) is 4.00. The summed E-state index contributed by atoms with van der Waals surface area (Å²) >= 11 is 1.65. The van der Waals surface area contributed by atoms with E-state index in [4.69, 9.17) is 9.47 Å². The summed E-state index contributed by atoms with van der Waals surface area (Å²) in [6.07, 6.45) is 3.21. The highest BCUT2D eigenvalue weighted by atomic mass is 32.2. The minimum atomic E-state index is -0.574. The first-order valence-electron chi connectivity index (χ1n) is 11.0. The Labute approximate surface area is 195 Å². The van der Waals surface area contributed by atoms with Crippen LogP contribution in [0.1, 0.15) is 41.8 Å². The van der Waals surface area contributed by atoms with Gasteiger partial charge in [0.15, 0.2) is 11.5 Å². The average molecular weight is 459 g/mol. The number of ether oxygens (including phenoxy) is 2. The molecule has 2 rings (SSSR count). The van der Waals surface area contributed by atoms with E-state index in [0.29, 0.717) is 43.9 Å². The molecule has 0 saturated carbocycles. The summed E-state index contributed by atoms with van der Waals surface area (Å²) < 4.78 is 11.3. The van der Waals surface area contributed by atoms with Gasteiger partial charge in [0.25, 0.3) is 5.91 Å². The molecule has 0 aliphatic carbocycles. The maximum Gasteiger partial charge on any atom is 0.251 e. The standard InChI is InChI=1S/C25H34N2O4S/c1-5-30-22-11-10-19(17-23(22)31-6-2)12-14-26-25(29)21(13-15-32-4)27-24(28)20-9-7-8-18(3)16-20/h7-11,16-17,21H,5-6,12-15H2,1-4H3,(H,26,29)(H,27,28). The molecule has 0 aliphatic rings. The van der Waals surface area contributed by atoms with Crippen LogP contribution in [0.25, 0.3) is 0 Å². The molecule has 7 heteroatoms. The van der Waals surface area contributed by atoms with Gasteiger partial charge in [0, 0.05) is 12.1 Å². The second-order valence-electron chi connectivity index (χ2n) is 7.37. The molecule has 1 atom stereocenters. The lowest BCUT2D eigenvalue weighted by Gasteiger charge is -2.18. The van der Waals surface area contributed by atoms with Crippen molar-refractivity contribution < 1.29 is 19.1 Å². The van der Waals surface area contributed by atoms with Crippen LogP contribution in [0.4, 0.5) is 0 Å². The van der Waals surface area contributed by atoms with Crippen molar-refractivity contribution in [2.45, 2.75) is 39.7 Å². The molecular weight excluding hydrogens is 424 g/mol. The molecule has 2 aromatic rings. The minimum absolute atomic E-state index is 0.170. The number of hydrogen-bond donors (Lipinski definition) is 2. The highest BCUT2D eigenvalue weighted by Gasteiger charge is 2.21. The number of rotatable bonds is 13. The maximum atomic E-state index is 12.8. The van der Waals surface area contributed by atoms with Crippen molar-refractivity contribution in [3.63, 3.8) is 0 Å². The van der Waals surface area contributed by atoms with Gasteiger partial charge in [-0.15, -0.1) is 0 Å². The molecule has 2 aromatic carbocycles. The van der Waals surface area contributed by atoms with Crippen molar-refractivity contribution in [2.24, 2.45) is 0 Å². The van der Waals surface area contributed by atoms with Gasteiger partial charge >= 0.3 is 0 Å². The van der Waals surface area contributed by atoms with Crippen LogP contribution in [0.5, 0.6) is 11.5 Å². The van der Waals surface area contributed by atoms with Crippen LogP contribution in [0.15, 0.2) is 42.5 Å². The molecule has 0 fully saturated rings. The third-order valence-corrected chi connectivity index (χ3v) is 5.48. The molecule has 0 radical (unpaired) electrons. The molecule has 1 unspecified atom stereocenters. The second kappa shape index (κ2) is 13.7. The van der Waals surface area contributed by atoms with Gasteiger partial charge in [-0.1, -0.05) is 23.8 Å². The third-order valence-electron chi connectivity index (χ3n) is 4.83. The van der Waals surface area contributed by atoms with E-state index < -0.39 is 6.04 Å². The van der Waals surface area contributed by atoms with E-state index in [-0.39, 0.29) is 11.8 Å². The number of thioether (sulfide) groups is 1. The first-order chi connectivity index (χ1) is 15.5. The largest absolute Gasteiger partial charge is 0.490 e. The van der Waals surface area contributed by atoms with Crippen molar-refractivity contribution in [1.29, 1.82) is 0 Å². The van der Waals surface area contributed by atoms with Crippen LogP contribution in [0.2, 0.25) is 0 Å². The number of hydrogen-bond acceptors (Lipinski definition) is 5. The molecule has 174 valence electrons. The van der Waals surface area contributed by atoms with Crippen LogP contribution in [0.3, 0.4) is 0 Å². The van der Waals surface area contributed by atoms with E-state index in [1.165, 1.54) is 0 Å². The lowest BCUT2D eigenvalue weighted by Crippen LogP contribution is -2.47. The first kappa shape index (κ1) is 25.6. The molecule has 2 N–H and O–H groups in total. The summed E-state index contributed by atoms with van der Waals surface area (Å²) in [5, 5.41) is 5.85. The predicted molar refractivity (Wildman–Crippen MR) is 131 cm³/mol. The fraction of sp³-hybridized carbons (Fsp3) is 0.440. The summed E-state index contributed by atoms with van der Waals surface area (Å²) in [6, 6.07) is 12.6. The summed E-state index contributed by atoms with van der Waals surface area (Å²) in [7, 11) is 0. The SMILES string of the molecule is CCOc1ccc(CCNC(=O)C(CCSC)NC(=O)c2cccc(C)c2)cc1OCC. The van der Waals surface area contributed by atoms with Crippen molar-refractivity contribution >= 4 is 23.6 Å². The fourth-order valence-corrected chi connectivity index (χ4v) is 3.71. The van der Waals surface area contributed by atoms with E-state index in [0.717, 1.165) is 22.6 Å². The molecule has 0 heterocycles. The van der Waals surface area contributed by atoms with Crippen LogP contribution < -0.4 is 20.1 Å². The van der Waals surface area contributed by atoms with E-state index in [1.54, 1.807) is 17.8 Å². The van der Waals surface area contributed by atoms with Crippen LogP contribution in [-0.4, -0.2) is 49.6 Å². The molecule has 0 saturated heterocycles. The Kier molecular flexibility index (Phi) is 10.9. The summed E-state index contributed by atoms with van der Waals surface area (Å²) in [6.45, 7) is 7.40. The molecule has 0 spiro atoms. The van der Waals surface area contributed by atoms with Gasteiger partial charge < -0.3 is 20.1 Å². The van der Waals surface area contributed by atoms with Crippen molar-refractivity contribution in [2.75, 3.05) is 31.8 Å². The Hall–Kier alpha value is -2.67. The molecule has 0 bridgehead atoms. The number of carbonyl (C=O) groups excluding carboxylic acids is 2. The minimum Gasteiger partial charge on any atom is -0.490 e. The third kappa shape index (κ3) is 8.11. The Balaban J connectivity index is 1.96. The molecule has 2 amide bonds. The number of nitrogens with one attached hydrogen (secondary N) is 2. The Morgan fingerprint density at radius 3 is 2.47 bits per heavy atom. The van der Waals surface area contributed by atoms with Crippen molar-refractivity contribution in [3.8, 4) is 11.5 Å². The number of carbonyl (C=O) groups is 2. The lowest BCUT2D eigenvalue weighted by molar-refractivity contribution is -0.122. The summed E-state index contributed by atoms with van der Waals surface area (Å²) in [4.78, 5) is 25.4. The quantitative estimate of drug-likeness (QED) is 0.474. The zero-order chi connectivity index (χ0) is 23.3. The monoisotopic (exact) mass is 458 g/mol. The molecule has 0 aromatic heterocycles. The lowest BCUT2D eigenvalue weighted by atomic mass is 10.1. The van der Waals surface area contributed by atoms with Crippen LogP contribution in [-0.2, 0) is 11.2 Å². The highest BCUT2D eigenvalue weighted by Crippen LogP contribution is 2.28. The highest BCUT2D eigenvalue weighted by molar-refractivity contribution is 7.98. The van der Waals surface area contributed by atoms with Crippen LogP contribution in [0, 0.1) is 6.92 Å². The average Bonchev–Trinajstić information content (AvgIpc) is 2.78. The second-order valence-corrected chi connectivity index (χ2v) is 8.35. The topological polar surface area (TPSA) is 76.7 Å². The number of benzene rings is 2. The number of amides is 2. The van der Waals surface area contributed by atoms with E-state index in [1.807, 2.05) is 63.4 Å². The Morgan fingerprint density at radius 2 is 1.78 bits per heavy atom. The summed E-state index contributed by atoms with van der Waals surface area (Å²) in [5.74, 6) is 1.81. The molecular formula is C25H34N2O4S. The van der Waals surface area contributed by atoms with E-state index in [9.17, 15) is 9.59 Å². The number of aryl methyl sites for hydroxylation is 1. The van der Waals surface area contributed by atoms with E-state index >= 15 is 0 Å². The van der Waals surface area contributed by atoms with Gasteiger partial charge in [0.05, 0.1) is 13.2 Å². The Morgan fingerprint density at radius 1 is 1.03 bits per heavy atom. The van der Waals surface area contributed by atoms with Gasteiger partial charge in [0.1, 0.15) is 6.04 Å². The molecule has 32 heavy (non-hydrogen) atoms. The van der Waals surface area contributed by atoms with Gasteiger partial charge in [0.2, 0.25) is 5.91 Å². The van der Waals surface area contributed by atoms with Gasteiger partial charge in [-0.3, -0.25) is 9.59 Å². The maximum absolute atomic E-state index is 12.8. The van der Waals surface area contributed by atoms with Crippen molar-refractivity contribution in [3.05, 3.63) is 59.2 Å². The molecule has 0 aliphatic heterocycles. The Bertz CT molecular complexity index is 888. The molecule has 6 nitrogen and oxygen atoms in total. The fourth-order valence-electron chi connectivity index (χ4n) is 3.24. The first-order valence-corrected chi connectivity index (χ1v) is 12.4. The summed E-state index contributed by atoms with van der Waals surface area (Å²) in [5.41, 5.74) is 2.61. The van der Waals surface area contributed by atoms with Gasteiger partial charge in [-0.25, -0.2) is 0 Å². The normalized spacial score (nSPS) is 11.5. The van der Waals surface area contributed by atoms with E-state index in [2.05, 4.69) is 10.6 Å². The van der Waals surface area contributed by atoms with Gasteiger partial charge in [-0.05, 0) is 75.5 Å². The zero-order valence-corrected chi connectivity index (χ0v) is 20.2.